The summed E-state index contributed by atoms with van der Waals surface area (Å²) in [5.41, 5.74) is 7.84. The molecule has 0 aromatic heterocycles. The number of hydrogen-bond donors (Lipinski definition) is 2. The third kappa shape index (κ3) is 2.13. The van der Waals surface area contributed by atoms with E-state index in [4.69, 9.17) is 4.74 Å². The van der Waals surface area contributed by atoms with Gasteiger partial charge >= 0.3 is 0 Å². The van der Waals surface area contributed by atoms with E-state index in [1.165, 1.54) is 5.56 Å². The molecule has 1 aliphatic heterocycles. The lowest BCUT2D eigenvalue weighted by molar-refractivity contribution is 0.339. The molecule has 2 rings (SSSR count). The quantitative estimate of drug-likeness (QED) is 0.785. The number of nitrogens with one attached hydrogen (secondary N) is 2. The summed E-state index contributed by atoms with van der Waals surface area (Å²) in [6.45, 7) is 6.90. The van der Waals surface area contributed by atoms with Gasteiger partial charge in [0.15, 0.2) is 0 Å². The summed E-state index contributed by atoms with van der Waals surface area (Å²) in [4.78, 5) is 0. The molecule has 82 valence electrons. The van der Waals surface area contributed by atoms with Crippen molar-refractivity contribution in [2.24, 2.45) is 0 Å². The van der Waals surface area contributed by atoms with E-state index in [0.29, 0.717) is 0 Å². The van der Waals surface area contributed by atoms with E-state index in [2.05, 4.69) is 36.0 Å². The summed E-state index contributed by atoms with van der Waals surface area (Å²) in [6.07, 6.45) is 0. The van der Waals surface area contributed by atoms with Crippen LogP contribution in [0.4, 0.5) is 0 Å². The molecule has 0 aliphatic carbocycles. The second-order valence-electron chi connectivity index (χ2n) is 4.23. The topological polar surface area (TPSA) is 33.3 Å². The summed E-state index contributed by atoms with van der Waals surface area (Å²) in [6, 6.07) is 8.37. The summed E-state index contributed by atoms with van der Waals surface area (Å²) in [5.74, 6) is 0.961. The zero-order valence-electron chi connectivity index (χ0n) is 9.34. The van der Waals surface area contributed by atoms with E-state index in [1.807, 2.05) is 13.0 Å². The third-order valence-electron chi connectivity index (χ3n) is 2.92. The Labute approximate surface area is 90.8 Å². The minimum atomic E-state index is 0.174. The minimum absolute atomic E-state index is 0.174. The molecule has 1 aliphatic rings. The van der Waals surface area contributed by atoms with Crippen LogP contribution in [0.3, 0.4) is 0 Å². The Hall–Kier alpha value is -1.06. The Morgan fingerprint density at radius 3 is 2.73 bits per heavy atom. The van der Waals surface area contributed by atoms with Gasteiger partial charge in [0.25, 0.3) is 0 Å². The molecule has 15 heavy (non-hydrogen) atoms. The molecular formula is C12H18N2O. The molecule has 0 spiro atoms. The lowest BCUT2D eigenvalue weighted by Gasteiger charge is -2.22. The highest BCUT2D eigenvalue weighted by atomic mass is 16.5. The van der Waals surface area contributed by atoms with Crippen LogP contribution >= 0.6 is 0 Å². The van der Waals surface area contributed by atoms with Crippen molar-refractivity contribution in [1.29, 1.82) is 0 Å². The van der Waals surface area contributed by atoms with Gasteiger partial charge < -0.3 is 4.74 Å². The summed E-state index contributed by atoms with van der Waals surface area (Å²) in [5, 5.41) is 0. The van der Waals surface area contributed by atoms with Crippen LogP contribution < -0.4 is 15.6 Å². The minimum Gasteiger partial charge on any atom is -0.494 e. The molecular weight excluding hydrogens is 188 g/mol. The second kappa shape index (κ2) is 4.21. The Kier molecular flexibility index (Phi) is 2.93. The van der Waals surface area contributed by atoms with Crippen LogP contribution in [0.25, 0.3) is 0 Å². The molecule has 0 saturated carbocycles. The van der Waals surface area contributed by atoms with E-state index in [1.54, 1.807) is 0 Å². The van der Waals surface area contributed by atoms with E-state index in [9.17, 15) is 0 Å². The van der Waals surface area contributed by atoms with Crippen molar-refractivity contribution in [3.05, 3.63) is 29.8 Å². The zero-order valence-corrected chi connectivity index (χ0v) is 9.34. The predicted molar refractivity (Wildman–Crippen MR) is 61.0 cm³/mol. The van der Waals surface area contributed by atoms with Crippen LogP contribution in [0.1, 0.15) is 19.4 Å². The van der Waals surface area contributed by atoms with Gasteiger partial charge in [-0.2, -0.15) is 0 Å². The number of benzene rings is 1. The maximum absolute atomic E-state index is 5.51. The van der Waals surface area contributed by atoms with Crippen molar-refractivity contribution < 1.29 is 4.74 Å². The molecule has 1 aromatic carbocycles. The number of hydrazine groups is 1. The van der Waals surface area contributed by atoms with Gasteiger partial charge in [-0.15, -0.1) is 0 Å². The maximum Gasteiger partial charge on any atom is 0.119 e. The molecule has 0 radical (unpaired) electrons. The van der Waals surface area contributed by atoms with Crippen LogP contribution in [0.15, 0.2) is 24.3 Å². The van der Waals surface area contributed by atoms with E-state index < -0.39 is 0 Å². The van der Waals surface area contributed by atoms with Crippen LogP contribution in [-0.4, -0.2) is 19.7 Å². The lowest BCUT2D eigenvalue weighted by atomic mass is 9.83. The summed E-state index contributed by atoms with van der Waals surface area (Å²) < 4.78 is 5.51. The average molecular weight is 206 g/mol. The van der Waals surface area contributed by atoms with Gasteiger partial charge in [0.2, 0.25) is 0 Å². The average Bonchev–Trinajstić information content (AvgIpc) is 2.68. The second-order valence-corrected chi connectivity index (χ2v) is 4.23. The van der Waals surface area contributed by atoms with Crippen LogP contribution in [0, 0.1) is 0 Å². The normalized spacial score (nSPS) is 19.1. The molecule has 0 atom stereocenters. The number of hydrogen-bond acceptors (Lipinski definition) is 3. The maximum atomic E-state index is 5.51. The largest absolute Gasteiger partial charge is 0.494 e. The highest BCUT2D eigenvalue weighted by molar-refractivity contribution is 5.34. The number of ether oxygens (including phenoxy) is 1. The molecule has 0 unspecified atom stereocenters. The molecule has 1 heterocycles. The predicted octanol–water partition coefficient (Wildman–Crippen LogP) is 1.45. The SMILES string of the molecule is CCOc1cccc(C2(C)CNNC2)c1. The van der Waals surface area contributed by atoms with Crippen molar-refractivity contribution in [1.82, 2.24) is 10.9 Å². The highest BCUT2D eigenvalue weighted by Crippen LogP contribution is 2.27. The summed E-state index contributed by atoms with van der Waals surface area (Å²) >= 11 is 0. The van der Waals surface area contributed by atoms with Crippen molar-refractivity contribution in [2.45, 2.75) is 19.3 Å². The Bertz CT molecular complexity index is 332. The van der Waals surface area contributed by atoms with Gasteiger partial charge in [-0.05, 0) is 24.6 Å². The van der Waals surface area contributed by atoms with Crippen molar-refractivity contribution >= 4 is 0 Å². The van der Waals surface area contributed by atoms with E-state index in [-0.39, 0.29) is 5.41 Å². The Morgan fingerprint density at radius 2 is 2.07 bits per heavy atom. The summed E-state index contributed by atoms with van der Waals surface area (Å²) in [7, 11) is 0. The first-order valence-electron chi connectivity index (χ1n) is 5.44. The molecule has 1 aromatic rings. The van der Waals surface area contributed by atoms with Crippen LogP contribution in [0.5, 0.6) is 5.75 Å². The van der Waals surface area contributed by atoms with Crippen LogP contribution in [0.2, 0.25) is 0 Å². The van der Waals surface area contributed by atoms with Gasteiger partial charge in [0.05, 0.1) is 6.61 Å². The molecule has 0 amide bonds. The van der Waals surface area contributed by atoms with Gasteiger partial charge in [-0.3, -0.25) is 10.9 Å². The van der Waals surface area contributed by atoms with Gasteiger partial charge in [0, 0.05) is 18.5 Å². The molecule has 1 fully saturated rings. The van der Waals surface area contributed by atoms with Crippen molar-refractivity contribution in [3.8, 4) is 5.75 Å². The first-order chi connectivity index (χ1) is 7.24. The Morgan fingerprint density at radius 1 is 1.33 bits per heavy atom. The van der Waals surface area contributed by atoms with E-state index >= 15 is 0 Å². The fraction of sp³-hybridized carbons (Fsp3) is 0.500. The third-order valence-corrected chi connectivity index (χ3v) is 2.92. The molecule has 3 heteroatoms. The Balaban J connectivity index is 2.23. The standard InChI is InChI=1S/C12H18N2O/c1-3-15-11-6-4-5-10(7-11)12(2)8-13-14-9-12/h4-7,13-14H,3,8-9H2,1-2H3. The molecule has 1 saturated heterocycles. The first-order valence-corrected chi connectivity index (χ1v) is 5.44. The van der Waals surface area contributed by atoms with Crippen LogP contribution in [-0.2, 0) is 5.41 Å². The van der Waals surface area contributed by atoms with E-state index in [0.717, 1.165) is 25.4 Å². The smallest absolute Gasteiger partial charge is 0.119 e. The van der Waals surface area contributed by atoms with Gasteiger partial charge in [-0.25, -0.2) is 0 Å². The fourth-order valence-corrected chi connectivity index (χ4v) is 1.91. The highest BCUT2D eigenvalue weighted by Gasteiger charge is 2.30. The molecule has 3 nitrogen and oxygen atoms in total. The van der Waals surface area contributed by atoms with Crippen molar-refractivity contribution in [3.63, 3.8) is 0 Å². The molecule has 2 N–H and O–H groups in total. The first kappa shape index (κ1) is 10.5. The fourth-order valence-electron chi connectivity index (χ4n) is 1.91. The number of rotatable bonds is 3. The molecule has 0 bridgehead atoms. The van der Waals surface area contributed by atoms with Gasteiger partial charge in [0.1, 0.15) is 5.75 Å². The van der Waals surface area contributed by atoms with Gasteiger partial charge in [-0.1, -0.05) is 19.1 Å². The van der Waals surface area contributed by atoms with Crippen molar-refractivity contribution in [2.75, 3.05) is 19.7 Å². The monoisotopic (exact) mass is 206 g/mol. The lowest BCUT2D eigenvalue weighted by Crippen LogP contribution is -2.27. The zero-order chi connectivity index (χ0) is 10.7.